The van der Waals surface area contributed by atoms with Gasteiger partial charge in [-0.1, -0.05) is 30.0 Å². The Bertz CT molecular complexity index is 1260. The molecule has 0 spiro atoms. The number of carbonyl (C=O) groups is 2. The van der Waals surface area contributed by atoms with Crippen LogP contribution in [0.15, 0.2) is 47.9 Å². The molecule has 0 saturated carbocycles. The first-order valence-electron chi connectivity index (χ1n) is 9.53. The quantitative estimate of drug-likeness (QED) is 0.284. The van der Waals surface area contributed by atoms with Crippen LogP contribution in [-0.4, -0.2) is 41.5 Å². The Labute approximate surface area is 177 Å². The zero-order valence-corrected chi connectivity index (χ0v) is 17.9. The minimum Gasteiger partial charge on any atom is -0.355 e. The van der Waals surface area contributed by atoms with E-state index in [4.69, 9.17) is 0 Å². The van der Waals surface area contributed by atoms with Crippen molar-refractivity contribution in [2.75, 3.05) is 0 Å². The molecule has 0 fully saturated rings. The summed E-state index contributed by atoms with van der Waals surface area (Å²) in [5.74, 6) is -0.123. The molecule has 1 N–H and O–H groups in total. The minimum atomic E-state index is -0.403. The molecule has 4 rings (SSSR count). The number of thioether (sulfide) groups is 1. The van der Waals surface area contributed by atoms with Crippen LogP contribution >= 0.6 is 11.8 Å². The van der Waals surface area contributed by atoms with Crippen molar-refractivity contribution < 1.29 is 9.59 Å². The third-order valence-electron chi connectivity index (χ3n) is 5.02. The highest BCUT2D eigenvalue weighted by Crippen LogP contribution is 2.31. The number of ketones is 2. The smallest absolute Gasteiger partial charge is 0.192 e. The molecule has 1 atom stereocenters. The zero-order valence-electron chi connectivity index (χ0n) is 17.1. The second kappa shape index (κ2) is 7.87. The van der Waals surface area contributed by atoms with Gasteiger partial charge in [-0.15, -0.1) is 0 Å². The summed E-state index contributed by atoms with van der Waals surface area (Å²) in [6, 6.07) is 9.74. The summed E-state index contributed by atoms with van der Waals surface area (Å²) in [4.78, 5) is 36.8. The van der Waals surface area contributed by atoms with Gasteiger partial charge in [-0.25, -0.2) is 14.6 Å². The van der Waals surface area contributed by atoms with Gasteiger partial charge in [0.2, 0.25) is 0 Å². The van der Waals surface area contributed by atoms with Gasteiger partial charge in [0.1, 0.15) is 11.4 Å². The SMILES string of the molecule is CC(=O)c1c(C)[nH]c(C(=O)[C@@H](C)Sc2ncnc3c2cnn3-c2ccccc2)c1C. The Balaban J connectivity index is 1.65. The predicted octanol–water partition coefficient (Wildman–Crippen LogP) is 4.33. The number of benzene rings is 1. The van der Waals surface area contributed by atoms with E-state index in [1.807, 2.05) is 44.2 Å². The lowest BCUT2D eigenvalue weighted by Gasteiger charge is -2.10. The molecule has 0 saturated heterocycles. The largest absolute Gasteiger partial charge is 0.355 e. The van der Waals surface area contributed by atoms with Crippen LogP contribution in [0, 0.1) is 13.8 Å². The third kappa shape index (κ3) is 3.43. The van der Waals surface area contributed by atoms with E-state index in [-0.39, 0.29) is 11.6 Å². The molecule has 0 radical (unpaired) electrons. The van der Waals surface area contributed by atoms with Crippen molar-refractivity contribution in [3.63, 3.8) is 0 Å². The lowest BCUT2D eigenvalue weighted by atomic mass is 10.0. The molecule has 3 aromatic heterocycles. The number of H-pyrrole nitrogens is 1. The van der Waals surface area contributed by atoms with Crippen molar-refractivity contribution in [3.05, 3.63) is 65.4 Å². The highest BCUT2D eigenvalue weighted by molar-refractivity contribution is 8.00. The average molecular weight is 420 g/mol. The van der Waals surface area contributed by atoms with Crippen LogP contribution in [0.25, 0.3) is 16.7 Å². The van der Waals surface area contributed by atoms with Crippen LogP contribution in [0.1, 0.15) is 46.0 Å². The maximum absolute atomic E-state index is 13.1. The second-order valence-corrected chi connectivity index (χ2v) is 8.44. The Morgan fingerprint density at radius 2 is 1.87 bits per heavy atom. The summed E-state index contributed by atoms with van der Waals surface area (Å²) in [5, 5.41) is 5.53. The predicted molar refractivity (Wildman–Crippen MR) is 117 cm³/mol. The van der Waals surface area contributed by atoms with Gasteiger partial charge in [0.25, 0.3) is 0 Å². The van der Waals surface area contributed by atoms with Gasteiger partial charge >= 0.3 is 0 Å². The summed E-state index contributed by atoms with van der Waals surface area (Å²) in [5.41, 5.74) is 4.06. The fourth-order valence-electron chi connectivity index (χ4n) is 3.62. The molecule has 152 valence electrons. The minimum absolute atomic E-state index is 0.0496. The van der Waals surface area contributed by atoms with E-state index < -0.39 is 5.25 Å². The van der Waals surface area contributed by atoms with Crippen molar-refractivity contribution in [2.45, 2.75) is 38.0 Å². The van der Waals surface area contributed by atoms with Crippen molar-refractivity contribution >= 4 is 34.4 Å². The lowest BCUT2D eigenvalue weighted by molar-refractivity contribution is 0.0988. The highest BCUT2D eigenvalue weighted by atomic mass is 32.2. The Morgan fingerprint density at radius 1 is 1.13 bits per heavy atom. The number of rotatable bonds is 6. The van der Waals surface area contributed by atoms with Gasteiger partial charge < -0.3 is 4.98 Å². The molecule has 0 aliphatic rings. The molecular weight excluding hydrogens is 398 g/mol. The number of fused-ring (bicyclic) bond motifs is 1. The number of carbonyl (C=O) groups excluding carboxylic acids is 2. The zero-order chi connectivity index (χ0) is 21.4. The summed E-state index contributed by atoms with van der Waals surface area (Å²) >= 11 is 1.36. The third-order valence-corrected chi connectivity index (χ3v) is 6.14. The van der Waals surface area contributed by atoms with Crippen LogP contribution in [0.3, 0.4) is 0 Å². The van der Waals surface area contributed by atoms with Gasteiger partial charge in [0.15, 0.2) is 17.2 Å². The van der Waals surface area contributed by atoms with Crippen LogP contribution in [0.4, 0.5) is 0 Å². The molecule has 1 aromatic carbocycles. The number of Topliss-reactive ketones (excluding diaryl/α,β-unsaturated/α-hetero) is 2. The Kier molecular flexibility index (Phi) is 5.26. The molecule has 0 amide bonds. The van der Waals surface area contributed by atoms with E-state index in [2.05, 4.69) is 20.1 Å². The van der Waals surface area contributed by atoms with Gasteiger partial charge in [-0.3, -0.25) is 9.59 Å². The Hall–Kier alpha value is -3.26. The number of hydrogen-bond donors (Lipinski definition) is 1. The fraction of sp³-hybridized carbons (Fsp3) is 0.227. The van der Waals surface area contributed by atoms with Gasteiger partial charge in [0, 0.05) is 11.3 Å². The molecule has 0 aliphatic heterocycles. The van der Waals surface area contributed by atoms with E-state index in [0.29, 0.717) is 33.2 Å². The summed E-state index contributed by atoms with van der Waals surface area (Å²) in [6.45, 7) is 6.96. The number of para-hydroxylation sites is 1. The molecule has 7 nitrogen and oxygen atoms in total. The number of nitrogens with zero attached hydrogens (tertiary/aromatic N) is 4. The second-order valence-electron chi connectivity index (χ2n) is 7.11. The standard InChI is InChI=1S/C22H21N5O2S/c1-12-18(14(3)28)13(2)26-19(12)20(29)15(4)30-22-17-10-25-27(21(17)23-11-24-22)16-8-6-5-7-9-16/h5-11,15,26H,1-4H3/t15-/m1/s1. The molecule has 8 heteroatoms. The highest BCUT2D eigenvalue weighted by Gasteiger charge is 2.25. The first-order valence-corrected chi connectivity index (χ1v) is 10.4. The van der Waals surface area contributed by atoms with Crippen molar-refractivity contribution in [1.82, 2.24) is 24.7 Å². The normalized spacial score (nSPS) is 12.3. The number of aryl methyl sites for hydroxylation is 1. The average Bonchev–Trinajstić information content (AvgIpc) is 3.29. The Morgan fingerprint density at radius 3 is 2.53 bits per heavy atom. The van der Waals surface area contributed by atoms with Crippen molar-refractivity contribution in [2.24, 2.45) is 0 Å². The summed E-state index contributed by atoms with van der Waals surface area (Å²) in [7, 11) is 0. The van der Waals surface area contributed by atoms with Gasteiger partial charge in [-0.05, 0) is 45.4 Å². The number of nitrogens with one attached hydrogen (secondary N) is 1. The van der Waals surface area contributed by atoms with Gasteiger partial charge in [0.05, 0.1) is 28.2 Å². The van der Waals surface area contributed by atoms with E-state index in [1.165, 1.54) is 25.0 Å². The van der Waals surface area contributed by atoms with Gasteiger partial charge in [-0.2, -0.15) is 5.10 Å². The van der Waals surface area contributed by atoms with Crippen molar-refractivity contribution in [3.8, 4) is 5.69 Å². The number of aromatic amines is 1. The maximum atomic E-state index is 13.1. The summed E-state index contributed by atoms with van der Waals surface area (Å²) < 4.78 is 1.76. The molecule has 0 aliphatic carbocycles. The molecule has 30 heavy (non-hydrogen) atoms. The summed E-state index contributed by atoms with van der Waals surface area (Å²) in [6.07, 6.45) is 3.21. The van der Waals surface area contributed by atoms with Crippen LogP contribution in [-0.2, 0) is 0 Å². The van der Waals surface area contributed by atoms with Crippen LogP contribution < -0.4 is 0 Å². The maximum Gasteiger partial charge on any atom is 0.192 e. The molecule has 4 aromatic rings. The fourth-order valence-corrected chi connectivity index (χ4v) is 4.56. The van der Waals surface area contributed by atoms with Crippen molar-refractivity contribution in [1.29, 1.82) is 0 Å². The van der Waals surface area contributed by atoms with Crippen LogP contribution in [0.2, 0.25) is 0 Å². The van der Waals surface area contributed by atoms with E-state index in [1.54, 1.807) is 17.8 Å². The molecule has 0 unspecified atom stereocenters. The monoisotopic (exact) mass is 419 g/mol. The lowest BCUT2D eigenvalue weighted by Crippen LogP contribution is -2.15. The topological polar surface area (TPSA) is 93.5 Å². The molecule has 0 bridgehead atoms. The van der Waals surface area contributed by atoms with E-state index in [0.717, 1.165) is 11.1 Å². The van der Waals surface area contributed by atoms with E-state index in [9.17, 15) is 9.59 Å². The first kappa shape index (κ1) is 20.0. The van der Waals surface area contributed by atoms with E-state index >= 15 is 0 Å². The molecule has 3 heterocycles. The number of aromatic nitrogens is 5. The first-order chi connectivity index (χ1) is 14.4. The number of hydrogen-bond acceptors (Lipinski definition) is 6. The molecular formula is C22H21N5O2S. The van der Waals surface area contributed by atoms with Crippen LogP contribution in [0.5, 0.6) is 0 Å².